The molecule has 0 heterocycles. The van der Waals surface area contributed by atoms with E-state index >= 15 is 0 Å². The van der Waals surface area contributed by atoms with Crippen molar-refractivity contribution in [3.8, 4) is 0 Å². The third-order valence-electron chi connectivity index (χ3n) is 0.499. The van der Waals surface area contributed by atoms with E-state index in [9.17, 15) is 4.91 Å². The molecule has 3 heteroatoms. The molecule has 3 nitrogen and oxygen atoms in total. The molecular formula is C4H7NO2. The van der Waals surface area contributed by atoms with Crippen LogP contribution in [0.5, 0.6) is 0 Å². The molecule has 1 atom stereocenters. The molecule has 0 aromatic heterocycles. The van der Waals surface area contributed by atoms with Gasteiger partial charge in [0.05, 0.1) is 0 Å². The summed E-state index contributed by atoms with van der Waals surface area (Å²) in [5.74, 6) is 0. The van der Waals surface area contributed by atoms with Gasteiger partial charge in [0.25, 0.3) is 0 Å². The van der Waals surface area contributed by atoms with Gasteiger partial charge >= 0.3 is 0 Å². The third-order valence-corrected chi connectivity index (χ3v) is 0.499. The van der Waals surface area contributed by atoms with Crippen molar-refractivity contribution >= 4 is 0 Å². The normalized spacial score (nSPS) is 12.7. The van der Waals surface area contributed by atoms with Gasteiger partial charge in [0.2, 0.25) is 0 Å². The highest BCUT2D eigenvalue weighted by Crippen LogP contribution is 1.90. The van der Waals surface area contributed by atoms with Gasteiger partial charge in [-0.05, 0) is 5.18 Å². The smallest absolute Gasteiger partial charge is 0.190 e. The SMILES string of the molecule is C=CCC(O)N=O. The molecule has 1 unspecified atom stereocenters. The lowest BCUT2D eigenvalue weighted by Gasteiger charge is -1.89. The van der Waals surface area contributed by atoms with Crippen LogP contribution in [-0.2, 0) is 0 Å². The van der Waals surface area contributed by atoms with E-state index in [4.69, 9.17) is 5.11 Å². The zero-order valence-corrected chi connectivity index (χ0v) is 3.87. The molecule has 7 heavy (non-hydrogen) atoms. The molecule has 0 aromatic rings. The maximum atomic E-state index is 9.35. The number of hydrogen-bond donors (Lipinski definition) is 1. The molecule has 0 fully saturated rings. The van der Waals surface area contributed by atoms with Crippen molar-refractivity contribution in [1.82, 2.24) is 0 Å². The summed E-state index contributed by atoms with van der Waals surface area (Å²) in [6, 6.07) is 0. The van der Waals surface area contributed by atoms with Gasteiger partial charge in [0.15, 0.2) is 6.23 Å². The maximum absolute atomic E-state index is 9.35. The van der Waals surface area contributed by atoms with E-state index in [2.05, 4.69) is 11.8 Å². The van der Waals surface area contributed by atoms with Gasteiger partial charge in [0.1, 0.15) is 0 Å². The summed E-state index contributed by atoms with van der Waals surface area (Å²) in [6.07, 6.45) is 0.577. The van der Waals surface area contributed by atoms with Crippen molar-refractivity contribution < 1.29 is 5.11 Å². The summed E-state index contributed by atoms with van der Waals surface area (Å²) < 4.78 is 0. The lowest BCUT2D eigenvalue weighted by molar-refractivity contribution is 0.186. The van der Waals surface area contributed by atoms with Crippen LogP contribution in [0, 0.1) is 4.91 Å². The van der Waals surface area contributed by atoms with Crippen molar-refractivity contribution in [3.63, 3.8) is 0 Å². The van der Waals surface area contributed by atoms with Gasteiger partial charge in [-0.2, -0.15) is 0 Å². The molecule has 1 N–H and O–H groups in total. The summed E-state index contributed by atoms with van der Waals surface area (Å²) in [5.41, 5.74) is 0. The first kappa shape index (κ1) is 6.30. The Hall–Kier alpha value is -0.700. The fourth-order valence-corrected chi connectivity index (χ4v) is 0.192. The molecule has 0 amide bonds. The first-order chi connectivity index (χ1) is 3.31. The number of rotatable bonds is 3. The minimum absolute atomic E-state index is 0.240. The van der Waals surface area contributed by atoms with Crippen molar-refractivity contribution in [2.75, 3.05) is 0 Å². The van der Waals surface area contributed by atoms with Gasteiger partial charge < -0.3 is 5.11 Å². The zero-order valence-electron chi connectivity index (χ0n) is 3.87. The lowest BCUT2D eigenvalue weighted by atomic mass is 10.4. The summed E-state index contributed by atoms with van der Waals surface area (Å²) >= 11 is 0. The van der Waals surface area contributed by atoms with E-state index < -0.39 is 6.23 Å². The second kappa shape index (κ2) is 3.49. The Kier molecular flexibility index (Phi) is 3.14. The molecule has 0 aliphatic heterocycles. The average Bonchev–Trinajstić information content (AvgIpc) is 1.68. The summed E-state index contributed by atoms with van der Waals surface area (Å²) in [4.78, 5) is 9.35. The van der Waals surface area contributed by atoms with Crippen molar-refractivity contribution in [2.24, 2.45) is 5.18 Å². The predicted octanol–water partition coefficient (Wildman–Crippen LogP) is 0.647. The van der Waals surface area contributed by atoms with Gasteiger partial charge in [-0.1, -0.05) is 6.08 Å². The zero-order chi connectivity index (χ0) is 5.70. The van der Waals surface area contributed by atoms with E-state index in [1.165, 1.54) is 6.08 Å². The fourth-order valence-electron chi connectivity index (χ4n) is 0.192. The Morgan fingerprint density at radius 2 is 2.57 bits per heavy atom. The monoisotopic (exact) mass is 101 g/mol. The molecule has 0 aliphatic carbocycles. The fraction of sp³-hybridized carbons (Fsp3) is 0.500. The summed E-state index contributed by atoms with van der Waals surface area (Å²) in [5, 5.41) is 10.6. The second-order valence-corrected chi connectivity index (χ2v) is 1.11. The van der Waals surface area contributed by atoms with Crippen molar-refractivity contribution in [2.45, 2.75) is 12.6 Å². The van der Waals surface area contributed by atoms with Crippen LogP contribution in [0.1, 0.15) is 6.42 Å². The van der Waals surface area contributed by atoms with E-state index in [0.29, 0.717) is 0 Å². The first-order valence-corrected chi connectivity index (χ1v) is 1.92. The quantitative estimate of drug-likeness (QED) is 0.419. The van der Waals surface area contributed by atoms with Crippen LogP contribution >= 0.6 is 0 Å². The molecule has 0 radical (unpaired) electrons. The van der Waals surface area contributed by atoms with E-state index in [1.54, 1.807) is 0 Å². The standard InChI is InChI=1S/C4H7NO2/c1-2-3-4(6)5-7/h2,4,6H,1,3H2. The molecule has 0 spiro atoms. The number of nitrogens with zero attached hydrogens (tertiary/aromatic N) is 1. The summed E-state index contributed by atoms with van der Waals surface area (Å²) in [7, 11) is 0. The van der Waals surface area contributed by atoms with Crippen LogP contribution in [0.3, 0.4) is 0 Å². The average molecular weight is 101 g/mol. The van der Waals surface area contributed by atoms with Crippen LogP contribution in [0.25, 0.3) is 0 Å². The molecular weight excluding hydrogens is 94.0 g/mol. The van der Waals surface area contributed by atoms with Crippen LogP contribution in [0.4, 0.5) is 0 Å². The van der Waals surface area contributed by atoms with Gasteiger partial charge in [-0.15, -0.1) is 11.5 Å². The van der Waals surface area contributed by atoms with Crippen LogP contribution in [0.15, 0.2) is 17.8 Å². The highest BCUT2D eigenvalue weighted by Gasteiger charge is 1.94. The third kappa shape index (κ3) is 3.12. The highest BCUT2D eigenvalue weighted by molar-refractivity contribution is 4.69. The largest absolute Gasteiger partial charge is 0.369 e. The molecule has 0 saturated heterocycles. The second-order valence-electron chi connectivity index (χ2n) is 1.11. The van der Waals surface area contributed by atoms with Crippen LogP contribution in [0.2, 0.25) is 0 Å². The first-order valence-electron chi connectivity index (χ1n) is 1.92. The van der Waals surface area contributed by atoms with Gasteiger partial charge in [-0.25, -0.2) is 0 Å². The van der Waals surface area contributed by atoms with E-state index in [-0.39, 0.29) is 6.42 Å². The molecule has 0 rings (SSSR count). The van der Waals surface area contributed by atoms with Crippen molar-refractivity contribution in [1.29, 1.82) is 0 Å². The number of aliphatic hydroxyl groups is 1. The molecule has 0 aromatic carbocycles. The van der Waals surface area contributed by atoms with Gasteiger partial charge in [0, 0.05) is 6.42 Å². The minimum Gasteiger partial charge on any atom is -0.369 e. The van der Waals surface area contributed by atoms with Crippen LogP contribution in [-0.4, -0.2) is 11.3 Å². The van der Waals surface area contributed by atoms with Crippen LogP contribution < -0.4 is 0 Å². The van der Waals surface area contributed by atoms with E-state index in [0.717, 1.165) is 0 Å². The molecule has 0 aliphatic rings. The Balaban J connectivity index is 3.15. The maximum Gasteiger partial charge on any atom is 0.190 e. The number of nitroso groups, excluding NO2 is 1. The Morgan fingerprint density at radius 1 is 2.00 bits per heavy atom. The molecule has 0 bridgehead atoms. The van der Waals surface area contributed by atoms with Crippen molar-refractivity contribution in [3.05, 3.63) is 17.6 Å². The Labute approximate surface area is 41.6 Å². The number of aliphatic hydroxyl groups excluding tert-OH is 1. The minimum atomic E-state index is -1.10. The topological polar surface area (TPSA) is 49.7 Å². The van der Waals surface area contributed by atoms with Gasteiger partial charge in [-0.3, -0.25) is 0 Å². The summed E-state index contributed by atoms with van der Waals surface area (Å²) in [6.45, 7) is 3.29. The Morgan fingerprint density at radius 3 is 2.71 bits per heavy atom. The Bertz CT molecular complexity index is 72.1. The predicted molar refractivity (Wildman–Crippen MR) is 26.6 cm³/mol. The lowest BCUT2D eigenvalue weighted by Crippen LogP contribution is -1.96. The molecule has 40 valence electrons. The number of hydrogen-bond acceptors (Lipinski definition) is 3. The van der Waals surface area contributed by atoms with E-state index in [1.807, 2.05) is 0 Å². The molecule has 0 saturated carbocycles. The highest BCUT2D eigenvalue weighted by atomic mass is 16.3.